The van der Waals surface area contributed by atoms with E-state index in [4.69, 9.17) is 9.47 Å². The molecule has 8 heteroatoms. The molecule has 1 spiro atoms. The van der Waals surface area contributed by atoms with Gasteiger partial charge in [0.05, 0.1) is 24.5 Å². The van der Waals surface area contributed by atoms with Crippen molar-refractivity contribution in [3.8, 4) is 0 Å². The van der Waals surface area contributed by atoms with Crippen molar-refractivity contribution in [2.75, 3.05) is 26.3 Å². The minimum atomic E-state index is -1.03. The van der Waals surface area contributed by atoms with E-state index in [1.54, 1.807) is 17.9 Å². The summed E-state index contributed by atoms with van der Waals surface area (Å²) < 4.78 is 11.6. The molecule has 0 aliphatic carbocycles. The summed E-state index contributed by atoms with van der Waals surface area (Å²) in [6, 6.07) is -0.829. The van der Waals surface area contributed by atoms with E-state index in [-0.39, 0.29) is 31.6 Å². The normalized spacial score (nSPS) is 32.3. The fraction of sp³-hybridized carbons (Fsp3) is 0.773. The summed E-state index contributed by atoms with van der Waals surface area (Å²) in [4.78, 5) is 43.3. The molecule has 0 saturated carbocycles. The van der Waals surface area contributed by atoms with Gasteiger partial charge in [0, 0.05) is 25.2 Å². The Kier molecular flexibility index (Phi) is 6.30. The molecular formula is C22H34N2O6. The van der Waals surface area contributed by atoms with Crippen LogP contribution < -0.4 is 0 Å². The van der Waals surface area contributed by atoms with Gasteiger partial charge in [0.25, 0.3) is 0 Å². The number of nitrogens with zero attached hydrogens (tertiary/aromatic N) is 2. The minimum Gasteiger partial charge on any atom is -0.466 e. The standard InChI is InChI=1S/C22H34N2O6/c1-6-11-24(21(3,4)5)19(27)17-22-10-9-14(30-22)15(20(28)29-7-2)16(22)18(26)23(17)12-8-13-25/h6,14-17,25H,1,7-13H2,2-5H3/t14-,15+,16-,17?,22?/m0/s1. The molecule has 8 nitrogen and oxygen atoms in total. The smallest absolute Gasteiger partial charge is 0.312 e. The maximum atomic E-state index is 13.9. The average molecular weight is 423 g/mol. The number of aliphatic hydroxyl groups is 1. The molecule has 0 aromatic carbocycles. The highest BCUT2D eigenvalue weighted by Crippen LogP contribution is 2.58. The minimum absolute atomic E-state index is 0.0945. The Morgan fingerprint density at radius 3 is 2.70 bits per heavy atom. The third-order valence-electron chi connectivity index (χ3n) is 6.54. The summed E-state index contributed by atoms with van der Waals surface area (Å²) in [5, 5.41) is 9.35. The van der Waals surface area contributed by atoms with Gasteiger partial charge in [-0.25, -0.2) is 0 Å². The molecule has 0 aromatic heterocycles. The van der Waals surface area contributed by atoms with Gasteiger partial charge in [-0.3, -0.25) is 14.4 Å². The number of hydrogen-bond donors (Lipinski definition) is 1. The molecule has 2 bridgehead atoms. The Labute approximate surface area is 178 Å². The maximum Gasteiger partial charge on any atom is 0.312 e. The van der Waals surface area contributed by atoms with E-state index in [1.807, 2.05) is 20.8 Å². The van der Waals surface area contributed by atoms with Crippen molar-refractivity contribution in [1.82, 2.24) is 9.80 Å². The number of fused-ring (bicyclic) bond motifs is 1. The van der Waals surface area contributed by atoms with Crippen LogP contribution in [-0.4, -0.2) is 82.3 Å². The van der Waals surface area contributed by atoms with E-state index >= 15 is 0 Å². The molecule has 0 radical (unpaired) electrons. The van der Waals surface area contributed by atoms with Crippen molar-refractivity contribution in [1.29, 1.82) is 0 Å². The van der Waals surface area contributed by atoms with Crippen molar-refractivity contribution in [3.63, 3.8) is 0 Å². The highest BCUT2D eigenvalue weighted by molar-refractivity contribution is 5.98. The Bertz CT molecular complexity index is 717. The Hall–Kier alpha value is -1.93. The molecule has 3 fully saturated rings. The molecule has 0 aromatic rings. The lowest BCUT2D eigenvalue weighted by Crippen LogP contribution is -2.60. The maximum absolute atomic E-state index is 13.9. The van der Waals surface area contributed by atoms with Crippen LogP contribution in [-0.2, 0) is 23.9 Å². The van der Waals surface area contributed by atoms with Crippen LogP contribution >= 0.6 is 0 Å². The topological polar surface area (TPSA) is 96.4 Å². The first kappa shape index (κ1) is 22.7. The second-order valence-electron chi connectivity index (χ2n) is 9.33. The lowest BCUT2D eigenvalue weighted by Gasteiger charge is -2.42. The predicted octanol–water partition coefficient (Wildman–Crippen LogP) is 1.12. The largest absolute Gasteiger partial charge is 0.466 e. The summed E-state index contributed by atoms with van der Waals surface area (Å²) in [5.41, 5.74) is -1.51. The van der Waals surface area contributed by atoms with Gasteiger partial charge in [-0.05, 0) is 47.0 Å². The number of carbonyl (C=O) groups excluding carboxylic acids is 3. The number of hydrogen-bond acceptors (Lipinski definition) is 6. The zero-order chi connectivity index (χ0) is 22.3. The van der Waals surface area contributed by atoms with Gasteiger partial charge in [0.15, 0.2) is 0 Å². The average Bonchev–Trinajstić information content (AvgIpc) is 3.30. The molecule has 3 rings (SSSR count). The molecule has 3 saturated heterocycles. The second-order valence-corrected chi connectivity index (χ2v) is 9.33. The van der Waals surface area contributed by atoms with Gasteiger partial charge in [-0.2, -0.15) is 0 Å². The molecule has 5 atom stereocenters. The zero-order valence-electron chi connectivity index (χ0n) is 18.4. The van der Waals surface area contributed by atoms with E-state index < -0.39 is 41.1 Å². The van der Waals surface area contributed by atoms with Gasteiger partial charge in [0.2, 0.25) is 11.8 Å². The predicted molar refractivity (Wildman–Crippen MR) is 109 cm³/mol. The van der Waals surface area contributed by atoms with Crippen LogP contribution in [0.25, 0.3) is 0 Å². The van der Waals surface area contributed by atoms with Gasteiger partial charge in [-0.15, -0.1) is 6.58 Å². The summed E-state index contributed by atoms with van der Waals surface area (Å²) in [6.45, 7) is 12.0. The van der Waals surface area contributed by atoms with Gasteiger partial charge >= 0.3 is 5.97 Å². The molecule has 2 amide bonds. The van der Waals surface area contributed by atoms with Crippen LogP contribution in [0.15, 0.2) is 12.7 Å². The number of ether oxygens (including phenoxy) is 2. The quantitative estimate of drug-likeness (QED) is 0.465. The van der Waals surface area contributed by atoms with E-state index in [9.17, 15) is 19.5 Å². The number of rotatable bonds is 8. The number of aliphatic hydroxyl groups excluding tert-OH is 1. The van der Waals surface area contributed by atoms with Gasteiger partial charge in [0.1, 0.15) is 11.6 Å². The third-order valence-corrected chi connectivity index (χ3v) is 6.54. The lowest BCUT2D eigenvalue weighted by atomic mass is 9.70. The molecule has 168 valence electrons. The van der Waals surface area contributed by atoms with Crippen LogP contribution in [0.5, 0.6) is 0 Å². The van der Waals surface area contributed by atoms with E-state index in [0.29, 0.717) is 25.8 Å². The molecule has 3 aliphatic rings. The summed E-state index contributed by atoms with van der Waals surface area (Å²) in [7, 11) is 0. The summed E-state index contributed by atoms with van der Waals surface area (Å²) >= 11 is 0. The van der Waals surface area contributed by atoms with Crippen LogP contribution in [0, 0.1) is 11.8 Å². The van der Waals surface area contributed by atoms with Crippen LogP contribution in [0.2, 0.25) is 0 Å². The first-order chi connectivity index (χ1) is 14.1. The fourth-order valence-electron chi connectivity index (χ4n) is 5.39. The Morgan fingerprint density at radius 2 is 2.13 bits per heavy atom. The molecule has 2 unspecified atom stereocenters. The van der Waals surface area contributed by atoms with Crippen molar-refractivity contribution in [2.24, 2.45) is 11.8 Å². The molecule has 3 aliphatic heterocycles. The molecule has 3 heterocycles. The highest BCUT2D eigenvalue weighted by Gasteiger charge is 2.75. The number of amides is 2. The third kappa shape index (κ3) is 3.43. The summed E-state index contributed by atoms with van der Waals surface area (Å²) in [5.74, 6) is -2.32. The second kappa shape index (κ2) is 8.30. The van der Waals surface area contributed by atoms with Gasteiger partial charge < -0.3 is 24.4 Å². The first-order valence-electron chi connectivity index (χ1n) is 10.8. The lowest BCUT2D eigenvalue weighted by molar-refractivity contribution is -0.155. The summed E-state index contributed by atoms with van der Waals surface area (Å²) in [6.07, 6.45) is 2.77. The van der Waals surface area contributed by atoms with Crippen LogP contribution in [0.4, 0.5) is 0 Å². The Balaban J connectivity index is 2.04. The molecule has 1 N–H and O–H groups in total. The van der Waals surface area contributed by atoms with E-state index in [1.165, 1.54) is 4.90 Å². The number of esters is 1. The van der Waals surface area contributed by atoms with Gasteiger partial charge in [-0.1, -0.05) is 6.08 Å². The van der Waals surface area contributed by atoms with E-state index in [2.05, 4.69) is 6.58 Å². The van der Waals surface area contributed by atoms with E-state index in [0.717, 1.165) is 0 Å². The zero-order valence-corrected chi connectivity index (χ0v) is 18.4. The Morgan fingerprint density at radius 1 is 1.43 bits per heavy atom. The van der Waals surface area contributed by atoms with Crippen molar-refractivity contribution in [3.05, 3.63) is 12.7 Å². The number of likely N-dealkylation sites (tertiary alicyclic amines) is 1. The highest BCUT2D eigenvalue weighted by atomic mass is 16.6. The molecule has 30 heavy (non-hydrogen) atoms. The van der Waals surface area contributed by atoms with Crippen molar-refractivity contribution >= 4 is 17.8 Å². The van der Waals surface area contributed by atoms with Crippen molar-refractivity contribution < 1.29 is 29.0 Å². The number of carbonyl (C=O) groups is 3. The van der Waals surface area contributed by atoms with Crippen LogP contribution in [0.1, 0.15) is 47.0 Å². The van der Waals surface area contributed by atoms with Crippen LogP contribution in [0.3, 0.4) is 0 Å². The molecular weight excluding hydrogens is 388 g/mol. The fourth-order valence-corrected chi connectivity index (χ4v) is 5.39. The monoisotopic (exact) mass is 422 g/mol. The first-order valence-corrected chi connectivity index (χ1v) is 10.8. The SMILES string of the molecule is C=CCN(C(=O)C1N(CCCO)C(=O)[C@@H]2[C@H](C(=O)OCC)[C@@H]3CCC12O3)C(C)(C)C. The van der Waals surface area contributed by atoms with Crippen molar-refractivity contribution in [2.45, 2.75) is 70.2 Å².